The lowest BCUT2D eigenvalue weighted by atomic mass is 9.97. The van der Waals surface area contributed by atoms with E-state index in [0.717, 1.165) is 11.4 Å². The Bertz CT molecular complexity index is 680. The summed E-state index contributed by atoms with van der Waals surface area (Å²) in [5, 5.41) is 4.02. The molecule has 0 aromatic heterocycles. The van der Waals surface area contributed by atoms with Gasteiger partial charge in [-0.1, -0.05) is 61.9 Å². The van der Waals surface area contributed by atoms with Gasteiger partial charge in [0.2, 0.25) is 0 Å². The molecule has 2 aromatic rings. The molecule has 3 N–H and O–H groups in total. The summed E-state index contributed by atoms with van der Waals surface area (Å²) in [7, 11) is 0. The predicted octanol–water partition coefficient (Wildman–Crippen LogP) is 5.15. The third-order valence-electron chi connectivity index (χ3n) is 3.45. The molecule has 0 aliphatic carbocycles. The third kappa shape index (κ3) is 3.36. The van der Waals surface area contributed by atoms with Gasteiger partial charge in [-0.25, -0.2) is 0 Å². The second-order valence-corrected chi connectivity index (χ2v) is 6.19. The number of thiocarbonyl (C=S) groups is 1. The summed E-state index contributed by atoms with van der Waals surface area (Å²) in [6.45, 7) is 6.43. The number of rotatable bonds is 4. The van der Waals surface area contributed by atoms with Gasteiger partial charge in [0.05, 0.1) is 16.3 Å². The van der Waals surface area contributed by atoms with Crippen molar-refractivity contribution in [1.29, 1.82) is 0 Å². The zero-order valence-corrected chi connectivity index (χ0v) is 14.0. The molecule has 0 bridgehead atoms. The fourth-order valence-electron chi connectivity index (χ4n) is 2.36. The molecule has 0 atom stereocenters. The highest BCUT2D eigenvalue weighted by atomic mass is 35.5. The normalized spacial score (nSPS) is 10.7. The quantitative estimate of drug-likeness (QED) is 0.766. The zero-order chi connectivity index (χ0) is 15.6. The smallest absolute Gasteiger partial charge is 0.107 e. The zero-order valence-electron chi connectivity index (χ0n) is 12.4. The van der Waals surface area contributed by atoms with Gasteiger partial charge in [0.25, 0.3) is 0 Å². The van der Waals surface area contributed by atoms with Crippen LogP contribution in [-0.4, -0.2) is 4.99 Å². The summed E-state index contributed by atoms with van der Waals surface area (Å²) in [5.41, 5.74) is 10.9. The van der Waals surface area contributed by atoms with E-state index in [2.05, 4.69) is 44.3 Å². The molecule has 2 nitrogen and oxygen atoms in total. The molecule has 2 aromatic carbocycles. The highest BCUT2D eigenvalue weighted by molar-refractivity contribution is 7.80. The average molecular weight is 319 g/mol. The molecule has 0 unspecified atom stereocenters. The number of halogens is 1. The fourth-order valence-corrected chi connectivity index (χ4v) is 2.91. The van der Waals surface area contributed by atoms with Crippen molar-refractivity contribution >= 4 is 40.2 Å². The molecule has 0 heterocycles. The van der Waals surface area contributed by atoms with Crippen LogP contribution < -0.4 is 11.1 Å². The van der Waals surface area contributed by atoms with Gasteiger partial charge in [-0.15, -0.1) is 0 Å². The standard InChI is InChI=1S/C17H19ClN2S/c1-10(2)12-7-4-6-11(3)16(12)20-14-9-5-8-13(18)15(14)17(19)21/h4-10,20H,1-3H3,(H2,19,21). The van der Waals surface area contributed by atoms with E-state index in [9.17, 15) is 0 Å². The summed E-state index contributed by atoms with van der Waals surface area (Å²) in [6.07, 6.45) is 0. The molecule has 0 saturated carbocycles. The van der Waals surface area contributed by atoms with Crippen LogP contribution in [0.1, 0.15) is 36.5 Å². The third-order valence-corrected chi connectivity index (χ3v) is 3.97. The monoisotopic (exact) mass is 318 g/mol. The van der Waals surface area contributed by atoms with Crippen LogP contribution in [0.4, 0.5) is 11.4 Å². The van der Waals surface area contributed by atoms with Gasteiger partial charge in [0.1, 0.15) is 4.99 Å². The van der Waals surface area contributed by atoms with Crippen LogP contribution >= 0.6 is 23.8 Å². The maximum atomic E-state index is 6.23. The van der Waals surface area contributed by atoms with Gasteiger partial charge in [-0.05, 0) is 36.1 Å². The first-order valence-electron chi connectivity index (χ1n) is 6.86. The molecule has 0 amide bonds. The number of anilines is 2. The average Bonchev–Trinajstić information content (AvgIpc) is 2.40. The van der Waals surface area contributed by atoms with Crippen molar-refractivity contribution in [3.63, 3.8) is 0 Å². The molecule has 2 rings (SSSR count). The second-order valence-electron chi connectivity index (χ2n) is 5.35. The Morgan fingerprint density at radius 3 is 2.48 bits per heavy atom. The summed E-state index contributed by atoms with van der Waals surface area (Å²) in [5.74, 6) is 0.417. The van der Waals surface area contributed by atoms with E-state index in [0.29, 0.717) is 21.5 Å². The molecule has 0 radical (unpaired) electrons. The van der Waals surface area contributed by atoms with E-state index in [1.165, 1.54) is 11.1 Å². The van der Waals surface area contributed by atoms with Crippen molar-refractivity contribution < 1.29 is 0 Å². The molecule has 110 valence electrons. The minimum absolute atomic E-state index is 0.294. The second kappa shape index (κ2) is 6.46. The summed E-state index contributed by atoms with van der Waals surface area (Å²) in [6, 6.07) is 11.9. The van der Waals surface area contributed by atoms with Gasteiger partial charge in [-0.2, -0.15) is 0 Å². The minimum atomic E-state index is 0.294. The lowest BCUT2D eigenvalue weighted by molar-refractivity contribution is 0.867. The lowest BCUT2D eigenvalue weighted by Crippen LogP contribution is -2.13. The molecular weight excluding hydrogens is 300 g/mol. The minimum Gasteiger partial charge on any atom is -0.389 e. The van der Waals surface area contributed by atoms with Gasteiger partial charge in [0, 0.05) is 5.69 Å². The van der Waals surface area contributed by atoms with Gasteiger partial charge >= 0.3 is 0 Å². The Morgan fingerprint density at radius 1 is 1.19 bits per heavy atom. The Hall–Kier alpha value is -1.58. The molecule has 21 heavy (non-hydrogen) atoms. The van der Waals surface area contributed by atoms with Gasteiger partial charge in [0.15, 0.2) is 0 Å². The topological polar surface area (TPSA) is 38.0 Å². The molecule has 0 saturated heterocycles. The van der Waals surface area contributed by atoms with Crippen LogP contribution in [0.3, 0.4) is 0 Å². The Balaban J connectivity index is 2.54. The van der Waals surface area contributed by atoms with E-state index in [1.54, 1.807) is 6.07 Å². The van der Waals surface area contributed by atoms with Crippen molar-refractivity contribution in [2.45, 2.75) is 26.7 Å². The molecule has 4 heteroatoms. The first-order valence-corrected chi connectivity index (χ1v) is 7.65. The van der Waals surface area contributed by atoms with E-state index in [-0.39, 0.29) is 0 Å². The highest BCUT2D eigenvalue weighted by Gasteiger charge is 2.14. The number of aryl methyl sites for hydroxylation is 1. The van der Waals surface area contributed by atoms with Crippen LogP contribution in [0, 0.1) is 6.92 Å². The van der Waals surface area contributed by atoms with Crippen molar-refractivity contribution in [3.8, 4) is 0 Å². The van der Waals surface area contributed by atoms with E-state index < -0.39 is 0 Å². The van der Waals surface area contributed by atoms with Crippen LogP contribution in [-0.2, 0) is 0 Å². The molecular formula is C17H19ClN2S. The summed E-state index contributed by atoms with van der Waals surface area (Å²) >= 11 is 11.3. The molecule has 0 aliphatic rings. The number of benzene rings is 2. The molecule has 0 spiro atoms. The van der Waals surface area contributed by atoms with E-state index in [4.69, 9.17) is 29.6 Å². The maximum absolute atomic E-state index is 6.23. The highest BCUT2D eigenvalue weighted by Crippen LogP contribution is 2.33. The SMILES string of the molecule is Cc1cccc(C(C)C)c1Nc1cccc(Cl)c1C(N)=S. The largest absolute Gasteiger partial charge is 0.389 e. The summed E-state index contributed by atoms with van der Waals surface area (Å²) < 4.78 is 0. The van der Waals surface area contributed by atoms with Crippen molar-refractivity contribution in [1.82, 2.24) is 0 Å². The van der Waals surface area contributed by atoms with Gasteiger partial charge < -0.3 is 11.1 Å². The first-order chi connectivity index (χ1) is 9.91. The fraction of sp³-hybridized carbons (Fsp3) is 0.235. The number of nitrogens with one attached hydrogen (secondary N) is 1. The maximum Gasteiger partial charge on any atom is 0.107 e. The number of para-hydroxylation sites is 1. The number of hydrogen-bond donors (Lipinski definition) is 2. The van der Waals surface area contributed by atoms with Crippen molar-refractivity contribution in [2.75, 3.05) is 5.32 Å². The first kappa shape index (κ1) is 15.8. The van der Waals surface area contributed by atoms with Crippen molar-refractivity contribution in [2.24, 2.45) is 5.73 Å². The van der Waals surface area contributed by atoms with Crippen LogP contribution in [0.5, 0.6) is 0 Å². The van der Waals surface area contributed by atoms with Crippen LogP contribution in [0.15, 0.2) is 36.4 Å². The van der Waals surface area contributed by atoms with Crippen LogP contribution in [0.25, 0.3) is 0 Å². The van der Waals surface area contributed by atoms with Crippen molar-refractivity contribution in [3.05, 3.63) is 58.1 Å². The van der Waals surface area contributed by atoms with E-state index in [1.807, 2.05) is 12.1 Å². The predicted molar refractivity (Wildman–Crippen MR) is 95.9 cm³/mol. The molecule has 0 fully saturated rings. The molecule has 0 aliphatic heterocycles. The Labute approximate surface area is 136 Å². The lowest BCUT2D eigenvalue weighted by Gasteiger charge is -2.19. The number of hydrogen-bond acceptors (Lipinski definition) is 2. The number of nitrogens with two attached hydrogens (primary N) is 1. The van der Waals surface area contributed by atoms with Gasteiger partial charge in [-0.3, -0.25) is 0 Å². The summed E-state index contributed by atoms with van der Waals surface area (Å²) in [4.78, 5) is 0.294. The Morgan fingerprint density at radius 2 is 1.86 bits per heavy atom. The Kier molecular flexibility index (Phi) is 4.86. The van der Waals surface area contributed by atoms with Crippen LogP contribution in [0.2, 0.25) is 5.02 Å². The van der Waals surface area contributed by atoms with E-state index >= 15 is 0 Å².